The van der Waals surface area contributed by atoms with Crippen LogP contribution in [-0.2, 0) is 6.42 Å². The van der Waals surface area contributed by atoms with Gasteiger partial charge in [0.1, 0.15) is 11.6 Å². The zero-order valence-electron chi connectivity index (χ0n) is 12.6. The van der Waals surface area contributed by atoms with Crippen LogP contribution in [0, 0.1) is 5.82 Å². The number of aryl methyl sites for hydroxylation is 1. The van der Waals surface area contributed by atoms with Gasteiger partial charge in [-0.2, -0.15) is 0 Å². The van der Waals surface area contributed by atoms with Crippen LogP contribution in [0.25, 0.3) is 11.3 Å². The number of ether oxygens (including phenoxy) is 1. The van der Waals surface area contributed by atoms with E-state index in [-0.39, 0.29) is 5.75 Å². The molecule has 0 saturated heterocycles. The van der Waals surface area contributed by atoms with E-state index in [1.807, 2.05) is 6.92 Å². The Labute approximate surface area is 124 Å². The highest BCUT2D eigenvalue weighted by Gasteiger charge is 2.13. The number of hydrogen-bond donors (Lipinski definition) is 1. The highest BCUT2D eigenvalue weighted by Crippen LogP contribution is 2.28. The number of aromatic nitrogens is 2. The van der Waals surface area contributed by atoms with Crippen LogP contribution < -0.4 is 10.1 Å². The van der Waals surface area contributed by atoms with Crippen LogP contribution in [0.3, 0.4) is 0 Å². The molecule has 4 nitrogen and oxygen atoms in total. The summed E-state index contributed by atoms with van der Waals surface area (Å²) in [5.41, 5.74) is 0.989. The van der Waals surface area contributed by atoms with E-state index in [9.17, 15) is 4.39 Å². The lowest BCUT2D eigenvalue weighted by molar-refractivity contribution is 0.387. The quantitative estimate of drug-likeness (QED) is 0.881. The van der Waals surface area contributed by atoms with Gasteiger partial charge in [-0.05, 0) is 18.6 Å². The van der Waals surface area contributed by atoms with Crippen molar-refractivity contribution in [1.82, 2.24) is 9.97 Å². The van der Waals surface area contributed by atoms with E-state index < -0.39 is 5.82 Å². The predicted molar refractivity (Wildman–Crippen MR) is 82.1 cm³/mol. The smallest absolute Gasteiger partial charge is 0.174 e. The molecular weight excluding hydrogens is 269 g/mol. The Morgan fingerprint density at radius 1 is 1.24 bits per heavy atom. The Hall–Kier alpha value is -2.17. The minimum absolute atomic E-state index is 0.215. The number of halogens is 1. The van der Waals surface area contributed by atoms with Crippen molar-refractivity contribution in [3.63, 3.8) is 0 Å². The van der Waals surface area contributed by atoms with Gasteiger partial charge in [0.2, 0.25) is 0 Å². The molecule has 112 valence electrons. The first kappa shape index (κ1) is 15.2. The van der Waals surface area contributed by atoms with Crippen molar-refractivity contribution < 1.29 is 9.13 Å². The highest BCUT2D eigenvalue weighted by molar-refractivity contribution is 5.65. The minimum atomic E-state index is -0.401. The van der Waals surface area contributed by atoms with Gasteiger partial charge in [-0.1, -0.05) is 19.9 Å². The largest absolute Gasteiger partial charge is 0.494 e. The summed E-state index contributed by atoms with van der Waals surface area (Å²) in [6.45, 7) is 4.88. The van der Waals surface area contributed by atoms with Gasteiger partial charge in [0.15, 0.2) is 11.6 Å². The van der Waals surface area contributed by atoms with Gasteiger partial charge in [-0.3, -0.25) is 0 Å². The zero-order valence-corrected chi connectivity index (χ0v) is 12.6. The molecule has 1 aromatic heterocycles. The summed E-state index contributed by atoms with van der Waals surface area (Å²) in [5.74, 6) is 1.23. The second-order valence-corrected chi connectivity index (χ2v) is 4.66. The van der Waals surface area contributed by atoms with E-state index in [0.29, 0.717) is 23.5 Å². The lowest BCUT2D eigenvalue weighted by Gasteiger charge is -2.11. The molecule has 2 rings (SSSR count). The van der Waals surface area contributed by atoms with Crippen molar-refractivity contribution >= 4 is 5.82 Å². The molecule has 0 saturated carbocycles. The molecule has 5 heteroatoms. The summed E-state index contributed by atoms with van der Waals surface area (Å²) in [5, 5.41) is 3.22. The maximum absolute atomic E-state index is 14.4. The molecule has 0 fully saturated rings. The molecule has 1 N–H and O–H groups in total. The van der Waals surface area contributed by atoms with E-state index in [2.05, 4.69) is 22.2 Å². The van der Waals surface area contributed by atoms with Crippen molar-refractivity contribution in [1.29, 1.82) is 0 Å². The Morgan fingerprint density at radius 3 is 2.71 bits per heavy atom. The zero-order chi connectivity index (χ0) is 15.2. The Bertz CT molecular complexity index is 616. The molecular formula is C16H20FN3O. The molecule has 1 heterocycles. The molecule has 0 bridgehead atoms. The Balaban J connectivity index is 2.47. The molecule has 0 aliphatic heterocycles. The summed E-state index contributed by atoms with van der Waals surface area (Å²) in [6.07, 6.45) is 1.69. The number of benzene rings is 1. The predicted octanol–water partition coefficient (Wildman–Crippen LogP) is 3.68. The molecule has 21 heavy (non-hydrogen) atoms. The first-order valence-corrected chi connectivity index (χ1v) is 7.14. The van der Waals surface area contributed by atoms with Crippen LogP contribution in [0.1, 0.15) is 26.1 Å². The second kappa shape index (κ2) is 7.02. The van der Waals surface area contributed by atoms with Crippen LogP contribution in [0.15, 0.2) is 24.3 Å². The number of rotatable bonds is 6. The minimum Gasteiger partial charge on any atom is -0.494 e. The highest BCUT2D eigenvalue weighted by atomic mass is 19.1. The number of anilines is 1. The molecule has 0 atom stereocenters. The summed E-state index contributed by atoms with van der Waals surface area (Å²) < 4.78 is 19.4. The van der Waals surface area contributed by atoms with Crippen LogP contribution >= 0.6 is 0 Å². The molecule has 0 aliphatic rings. The second-order valence-electron chi connectivity index (χ2n) is 4.66. The Kier molecular flexibility index (Phi) is 5.09. The monoisotopic (exact) mass is 289 g/mol. The topological polar surface area (TPSA) is 47.0 Å². The van der Waals surface area contributed by atoms with E-state index >= 15 is 0 Å². The van der Waals surface area contributed by atoms with Crippen molar-refractivity contribution in [2.24, 2.45) is 0 Å². The van der Waals surface area contributed by atoms with Gasteiger partial charge < -0.3 is 10.1 Å². The number of hydrogen-bond acceptors (Lipinski definition) is 4. The van der Waals surface area contributed by atoms with Crippen LogP contribution in [0.5, 0.6) is 5.75 Å². The van der Waals surface area contributed by atoms with Gasteiger partial charge in [0.05, 0.1) is 12.8 Å². The third kappa shape index (κ3) is 3.48. The van der Waals surface area contributed by atoms with E-state index in [1.54, 1.807) is 24.3 Å². The van der Waals surface area contributed by atoms with Gasteiger partial charge in [0.25, 0.3) is 0 Å². The van der Waals surface area contributed by atoms with Gasteiger partial charge in [-0.15, -0.1) is 0 Å². The van der Waals surface area contributed by atoms with Gasteiger partial charge in [-0.25, -0.2) is 14.4 Å². The first-order chi connectivity index (χ1) is 10.2. The average molecular weight is 289 g/mol. The molecule has 0 radical (unpaired) electrons. The van der Waals surface area contributed by atoms with E-state index in [1.165, 1.54) is 7.11 Å². The lowest BCUT2D eigenvalue weighted by atomic mass is 10.1. The summed E-state index contributed by atoms with van der Waals surface area (Å²) in [6, 6.07) is 6.82. The van der Waals surface area contributed by atoms with E-state index in [4.69, 9.17) is 4.74 Å². The molecule has 2 aromatic rings. The van der Waals surface area contributed by atoms with E-state index in [0.717, 1.165) is 18.8 Å². The third-order valence-electron chi connectivity index (χ3n) is 3.10. The van der Waals surface area contributed by atoms with Crippen molar-refractivity contribution in [2.75, 3.05) is 19.0 Å². The van der Waals surface area contributed by atoms with Gasteiger partial charge in [0, 0.05) is 24.6 Å². The first-order valence-electron chi connectivity index (χ1n) is 7.14. The molecule has 0 unspecified atom stereocenters. The van der Waals surface area contributed by atoms with Crippen molar-refractivity contribution in [3.8, 4) is 17.0 Å². The fourth-order valence-electron chi connectivity index (χ4n) is 2.00. The third-order valence-corrected chi connectivity index (χ3v) is 3.10. The molecule has 0 aliphatic carbocycles. The maximum atomic E-state index is 14.4. The SMILES string of the molecule is CCCNc1cc(-c2cccc(OC)c2F)nc(CC)n1. The molecule has 0 spiro atoms. The maximum Gasteiger partial charge on any atom is 0.174 e. The summed E-state index contributed by atoms with van der Waals surface area (Å²) in [4.78, 5) is 8.83. The molecule has 1 aromatic carbocycles. The standard InChI is InChI=1S/C16H20FN3O/c1-4-9-18-15-10-12(19-14(5-2)20-15)11-7-6-8-13(21-3)16(11)17/h6-8,10H,4-5,9H2,1-3H3,(H,18,19,20). The fraction of sp³-hybridized carbons (Fsp3) is 0.375. The van der Waals surface area contributed by atoms with Crippen LogP contribution in [0.2, 0.25) is 0 Å². The van der Waals surface area contributed by atoms with Gasteiger partial charge >= 0.3 is 0 Å². The normalized spacial score (nSPS) is 10.5. The van der Waals surface area contributed by atoms with Crippen LogP contribution in [-0.4, -0.2) is 23.6 Å². The summed E-state index contributed by atoms with van der Waals surface area (Å²) >= 11 is 0. The number of methoxy groups -OCH3 is 1. The van der Waals surface area contributed by atoms with Crippen molar-refractivity contribution in [3.05, 3.63) is 35.9 Å². The summed E-state index contributed by atoms with van der Waals surface area (Å²) in [7, 11) is 1.45. The number of nitrogens with one attached hydrogen (secondary N) is 1. The fourth-order valence-corrected chi connectivity index (χ4v) is 2.00. The van der Waals surface area contributed by atoms with Crippen molar-refractivity contribution in [2.45, 2.75) is 26.7 Å². The Morgan fingerprint density at radius 2 is 2.05 bits per heavy atom. The average Bonchev–Trinajstić information content (AvgIpc) is 2.52. The van der Waals surface area contributed by atoms with Crippen LogP contribution in [0.4, 0.5) is 10.2 Å². The molecule has 0 amide bonds. The lowest BCUT2D eigenvalue weighted by Crippen LogP contribution is -2.06. The number of nitrogens with zero attached hydrogens (tertiary/aromatic N) is 2.